The first kappa shape index (κ1) is 11.0. The van der Waals surface area contributed by atoms with E-state index in [9.17, 15) is 13.2 Å². The number of benzene rings is 1. The van der Waals surface area contributed by atoms with Crippen molar-refractivity contribution in [2.45, 2.75) is 12.6 Å². The number of hydrogen-bond donors (Lipinski definition) is 2. The second-order valence-corrected chi connectivity index (χ2v) is 2.85. The van der Waals surface area contributed by atoms with Crippen LogP contribution in [0.4, 0.5) is 13.2 Å². The maximum Gasteiger partial charge on any atom is 0.416 e. The Kier molecular flexibility index (Phi) is 3.49. The molecule has 1 rings (SSSR count). The van der Waals surface area contributed by atoms with Gasteiger partial charge in [0.05, 0.1) is 5.56 Å². The molecule has 1 aromatic carbocycles. The van der Waals surface area contributed by atoms with Crippen molar-refractivity contribution in [1.82, 2.24) is 5.48 Å². The highest BCUT2D eigenvalue weighted by Crippen LogP contribution is 2.28. The van der Waals surface area contributed by atoms with Crippen LogP contribution >= 0.6 is 0 Å². The van der Waals surface area contributed by atoms with E-state index in [1.54, 1.807) is 0 Å². The van der Waals surface area contributed by atoms with Crippen molar-refractivity contribution in [1.29, 1.82) is 0 Å². The maximum atomic E-state index is 12.1. The summed E-state index contributed by atoms with van der Waals surface area (Å²) in [6, 6.07) is 4.87. The average molecular weight is 205 g/mol. The van der Waals surface area contributed by atoms with Gasteiger partial charge in [-0.05, 0) is 24.1 Å². The molecular weight excluding hydrogens is 195 g/mol. The SMILES string of the molecule is ONCCc1ccc(C(F)(F)F)cc1. The summed E-state index contributed by atoms with van der Waals surface area (Å²) in [6.45, 7) is 0.325. The Labute approximate surface area is 79.3 Å². The highest BCUT2D eigenvalue weighted by Gasteiger charge is 2.29. The van der Waals surface area contributed by atoms with Crippen LogP contribution in [0.2, 0.25) is 0 Å². The smallest absolute Gasteiger partial charge is 0.317 e. The molecule has 2 nitrogen and oxygen atoms in total. The van der Waals surface area contributed by atoms with E-state index in [1.807, 2.05) is 5.48 Å². The summed E-state index contributed by atoms with van der Waals surface area (Å²) in [6.07, 6.45) is -3.79. The number of rotatable bonds is 3. The van der Waals surface area contributed by atoms with E-state index in [1.165, 1.54) is 12.1 Å². The zero-order chi connectivity index (χ0) is 10.6. The van der Waals surface area contributed by atoms with Crippen LogP contribution in [0.5, 0.6) is 0 Å². The Morgan fingerprint density at radius 3 is 2.14 bits per heavy atom. The van der Waals surface area contributed by atoms with Gasteiger partial charge in [-0.3, -0.25) is 0 Å². The molecule has 14 heavy (non-hydrogen) atoms. The van der Waals surface area contributed by atoms with Gasteiger partial charge in [-0.2, -0.15) is 13.2 Å². The molecule has 0 aliphatic rings. The highest BCUT2D eigenvalue weighted by atomic mass is 19.4. The maximum absolute atomic E-state index is 12.1. The first-order valence-corrected chi connectivity index (χ1v) is 4.07. The fourth-order valence-corrected chi connectivity index (χ4v) is 1.06. The van der Waals surface area contributed by atoms with Crippen LogP contribution in [-0.2, 0) is 12.6 Å². The van der Waals surface area contributed by atoms with Crippen molar-refractivity contribution in [2.24, 2.45) is 0 Å². The van der Waals surface area contributed by atoms with Crippen LogP contribution in [0.3, 0.4) is 0 Å². The van der Waals surface area contributed by atoms with Crippen LogP contribution < -0.4 is 5.48 Å². The Morgan fingerprint density at radius 2 is 1.71 bits per heavy atom. The lowest BCUT2D eigenvalue weighted by molar-refractivity contribution is -0.137. The van der Waals surface area contributed by atoms with Gasteiger partial charge < -0.3 is 5.21 Å². The van der Waals surface area contributed by atoms with Crippen molar-refractivity contribution in [3.8, 4) is 0 Å². The standard InChI is InChI=1S/C9H10F3NO/c10-9(11,12)8-3-1-7(2-4-8)5-6-13-14/h1-4,13-14H,5-6H2. The Balaban J connectivity index is 2.69. The van der Waals surface area contributed by atoms with Crippen LogP contribution in [0, 0.1) is 0 Å². The molecule has 0 saturated carbocycles. The largest absolute Gasteiger partial charge is 0.416 e. The molecule has 0 bridgehead atoms. The van der Waals surface area contributed by atoms with Crippen molar-refractivity contribution in [2.75, 3.05) is 6.54 Å². The fraction of sp³-hybridized carbons (Fsp3) is 0.333. The summed E-state index contributed by atoms with van der Waals surface area (Å²) >= 11 is 0. The second kappa shape index (κ2) is 4.43. The number of halogens is 3. The highest BCUT2D eigenvalue weighted by molar-refractivity contribution is 5.24. The van der Waals surface area contributed by atoms with E-state index in [4.69, 9.17) is 5.21 Å². The molecule has 5 heteroatoms. The molecule has 0 heterocycles. The van der Waals surface area contributed by atoms with Crippen LogP contribution in [0.1, 0.15) is 11.1 Å². The van der Waals surface area contributed by atoms with Gasteiger partial charge >= 0.3 is 6.18 Å². The van der Waals surface area contributed by atoms with Crippen LogP contribution in [-0.4, -0.2) is 11.8 Å². The lowest BCUT2D eigenvalue weighted by Gasteiger charge is -2.07. The predicted octanol–water partition coefficient (Wildman–Crippen LogP) is 2.23. The lowest BCUT2D eigenvalue weighted by atomic mass is 10.1. The summed E-state index contributed by atoms with van der Waals surface area (Å²) < 4.78 is 36.4. The molecule has 0 unspecified atom stereocenters. The van der Waals surface area contributed by atoms with Gasteiger partial charge in [0, 0.05) is 6.54 Å². The molecule has 0 aliphatic carbocycles. The summed E-state index contributed by atoms with van der Waals surface area (Å²) in [5.41, 5.74) is 2.03. The topological polar surface area (TPSA) is 32.3 Å². The first-order chi connectivity index (χ1) is 6.54. The molecule has 0 saturated heterocycles. The van der Waals surface area contributed by atoms with Crippen molar-refractivity contribution in [3.63, 3.8) is 0 Å². The summed E-state index contributed by atoms with van der Waals surface area (Å²) in [7, 11) is 0. The third-order valence-electron chi connectivity index (χ3n) is 1.81. The molecule has 2 N–H and O–H groups in total. The van der Waals surface area contributed by atoms with Crippen molar-refractivity contribution >= 4 is 0 Å². The predicted molar refractivity (Wildman–Crippen MR) is 44.9 cm³/mol. The molecule has 0 amide bonds. The Hall–Kier alpha value is -1.07. The molecule has 1 aromatic rings. The molecule has 0 aromatic heterocycles. The molecule has 0 fully saturated rings. The monoisotopic (exact) mass is 205 g/mol. The second-order valence-electron chi connectivity index (χ2n) is 2.85. The minimum atomic E-state index is -4.28. The van der Waals surface area contributed by atoms with E-state index in [0.717, 1.165) is 17.7 Å². The van der Waals surface area contributed by atoms with Crippen LogP contribution in [0.25, 0.3) is 0 Å². The third kappa shape index (κ3) is 3.01. The van der Waals surface area contributed by atoms with Gasteiger partial charge in [-0.15, -0.1) is 0 Å². The van der Waals surface area contributed by atoms with E-state index >= 15 is 0 Å². The summed E-state index contributed by atoms with van der Waals surface area (Å²) in [4.78, 5) is 0. The molecular formula is C9H10F3NO. The zero-order valence-corrected chi connectivity index (χ0v) is 7.30. The molecule has 0 atom stereocenters. The Bertz CT molecular complexity index is 281. The normalized spacial score (nSPS) is 11.7. The average Bonchev–Trinajstić information content (AvgIpc) is 2.14. The van der Waals surface area contributed by atoms with E-state index < -0.39 is 11.7 Å². The van der Waals surface area contributed by atoms with Gasteiger partial charge in [-0.1, -0.05) is 12.1 Å². The van der Waals surface area contributed by atoms with Crippen molar-refractivity contribution < 1.29 is 18.4 Å². The number of alkyl halides is 3. The first-order valence-electron chi connectivity index (χ1n) is 4.07. The van der Waals surface area contributed by atoms with Gasteiger partial charge in [0.25, 0.3) is 0 Å². The van der Waals surface area contributed by atoms with Crippen LogP contribution in [0.15, 0.2) is 24.3 Å². The number of nitrogens with one attached hydrogen (secondary N) is 1. The van der Waals surface area contributed by atoms with E-state index in [-0.39, 0.29) is 0 Å². The Morgan fingerprint density at radius 1 is 1.14 bits per heavy atom. The number of hydrogen-bond acceptors (Lipinski definition) is 2. The molecule has 0 spiro atoms. The van der Waals surface area contributed by atoms with Gasteiger partial charge in [0.15, 0.2) is 0 Å². The summed E-state index contributed by atoms with van der Waals surface area (Å²) in [5.74, 6) is 0. The molecule has 0 aliphatic heterocycles. The van der Waals surface area contributed by atoms with Gasteiger partial charge in [-0.25, -0.2) is 5.48 Å². The minimum absolute atomic E-state index is 0.325. The minimum Gasteiger partial charge on any atom is -0.317 e. The number of hydroxylamine groups is 1. The van der Waals surface area contributed by atoms with Gasteiger partial charge in [0.1, 0.15) is 0 Å². The zero-order valence-electron chi connectivity index (χ0n) is 7.30. The van der Waals surface area contributed by atoms with Gasteiger partial charge in [0.2, 0.25) is 0 Å². The van der Waals surface area contributed by atoms with E-state index in [2.05, 4.69) is 0 Å². The quantitative estimate of drug-likeness (QED) is 0.741. The fourth-order valence-electron chi connectivity index (χ4n) is 1.06. The third-order valence-corrected chi connectivity index (χ3v) is 1.81. The lowest BCUT2D eigenvalue weighted by Crippen LogP contribution is -2.11. The molecule has 78 valence electrons. The van der Waals surface area contributed by atoms with E-state index in [0.29, 0.717) is 13.0 Å². The summed E-state index contributed by atoms with van der Waals surface area (Å²) in [5, 5.41) is 8.28. The molecule has 0 radical (unpaired) electrons. The van der Waals surface area contributed by atoms with Crippen molar-refractivity contribution in [3.05, 3.63) is 35.4 Å².